The molecular formula is C18H15F5N2O4S. The largest absolute Gasteiger partial charge is 0.419 e. The van der Waals surface area contributed by atoms with Gasteiger partial charge in [-0.05, 0) is 37.3 Å². The van der Waals surface area contributed by atoms with Crippen molar-refractivity contribution in [2.75, 3.05) is 18.5 Å². The van der Waals surface area contributed by atoms with Crippen molar-refractivity contribution in [1.82, 2.24) is 4.72 Å². The number of sulfonamides is 1. The molecule has 1 amide bonds. The summed E-state index contributed by atoms with van der Waals surface area (Å²) in [6, 6.07) is 4.73. The molecule has 0 aromatic heterocycles. The highest BCUT2D eigenvalue weighted by Gasteiger charge is 2.39. The Hall–Kier alpha value is -2.57. The molecule has 0 aliphatic carbocycles. The zero-order chi connectivity index (χ0) is 22.3. The minimum Gasteiger partial charge on any atom is -0.377 e. The summed E-state index contributed by atoms with van der Waals surface area (Å²) in [5, 5.41) is 2.01. The van der Waals surface area contributed by atoms with Gasteiger partial charge in [0, 0.05) is 5.69 Å². The van der Waals surface area contributed by atoms with Crippen molar-refractivity contribution in [1.29, 1.82) is 0 Å². The number of benzene rings is 2. The first-order valence-corrected chi connectivity index (χ1v) is 9.89. The van der Waals surface area contributed by atoms with Crippen LogP contribution in [-0.2, 0) is 20.9 Å². The third kappa shape index (κ3) is 4.45. The van der Waals surface area contributed by atoms with Gasteiger partial charge in [0.15, 0.2) is 5.82 Å². The molecule has 0 saturated carbocycles. The molecule has 0 atom stereocenters. The van der Waals surface area contributed by atoms with Crippen LogP contribution in [0.4, 0.5) is 27.6 Å². The predicted molar refractivity (Wildman–Crippen MR) is 95.3 cm³/mol. The highest BCUT2D eigenvalue weighted by atomic mass is 32.2. The summed E-state index contributed by atoms with van der Waals surface area (Å²) < 4.78 is 98.8. The number of halogens is 5. The Morgan fingerprint density at radius 1 is 1.13 bits per heavy atom. The van der Waals surface area contributed by atoms with Gasteiger partial charge in [0.2, 0.25) is 10.0 Å². The first-order valence-electron chi connectivity index (χ1n) is 8.41. The minimum atomic E-state index is -5.00. The van der Waals surface area contributed by atoms with Crippen molar-refractivity contribution < 1.29 is 39.9 Å². The van der Waals surface area contributed by atoms with Gasteiger partial charge in [0.25, 0.3) is 5.91 Å². The van der Waals surface area contributed by atoms with E-state index in [9.17, 15) is 35.2 Å². The van der Waals surface area contributed by atoms with Gasteiger partial charge in [-0.25, -0.2) is 21.9 Å². The summed E-state index contributed by atoms with van der Waals surface area (Å²) >= 11 is 0. The number of alkyl halides is 3. The highest BCUT2D eigenvalue weighted by molar-refractivity contribution is 7.89. The maximum absolute atomic E-state index is 14.8. The van der Waals surface area contributed by atoms with E-state index in [0.29, 0.717) is 12.1 Å². The van der Waals surface area contributed by atoms with Crippen LogP contribution in [0.25, 0.3) is 0 Å². The zero-order valence-corrected chi connectivity index (χ0v) is 16.1. The molecular weight excluding hydrogens is 435 g/mol. The number of hydrogen-bond donors (Lipinski definition) is 2. The van der Waals surface area contributed by atoms with Crippen molar-refractivity contribution in [3.63, 3.8) is 0 Å². The summed E-state index contributed by atoms with van der Waals surface area (Å²) in [6.07, 6.45) is -5.00. The van der Waals surface area contributed by atoms with Gasteiger partial charge in [-0.1, -0.05) is 6.07 Å². The van der Waals surface area contributed by atoms with E-state index < -0.39 is 61.0 Å². The predicted octanol–water partition coefficient (Wildman–Crippen LogP) is 3.30. The van der Waals surface area contributed by atoms with Crippen molar-refractivity contribution in [3.05, 3.63) is 59.2 Å². The maximum atomic E-state index is 14.8. The molecule has 1 saturated heterocycles. The van der Waals surface area contributed by atoms with Crippen molar-refractivity contribution >= 4 is 21.6 Å². The Morgan fingerprint density at radius 2 is 1.80 bits per heavy atom. The average Bonchev–Trinajstić information content (AvgIpc) is 2.60. The average molecular weight is 450 g/mol. The number of rotatable bonds is 5. The second kappa shape index (κ2) is 7.60. The normalized spacial score (nSPS) is 16.1. The van der Waals surface area contributed by atoms with E-state index >= 15 is 0 Å². The number of anilines is 1. The molecule has 1 fully saturated rings. The molecule has 1 aliphatic rings. The number of carbonyl (C=O) groups is 1. The van der Waals surface area contributed by atoms with Gasteiger partial charge in [0.05, 0.1) is 29.9 Å². The van der Waals surface area contributed by atoms with Crippen LogP contribution in [0.3, 0.4) is 0 Å². The van der Waals surface area contributed by atoms with Crippen LogP contribution in [0.5, 0.6) is 0 Å². The summed E-state index contributed by atoms with van der Waals surface area (Å²) in [7, 11) is -4.35. The van der Waals surface area contributed by atoms with Gasteiger partial charge in [-0.15, -0.1) is 0 Å². The van der Waals surface area contributed by atoms with Crippen molar-refractivity contribution in [3.8, 4) is 0 Å². The molecule has 0 radical (unpaired) electrons. The van der Waals surface area contributed by atoms with E-state index in [2.05, 4.69) is 4.72 Å². The van der Waals surface area contributed by atoms with Gasteiger partial charge in [-0.3, -0.25) is 4.79 Å². The third-order valence-corrected chi connectivity index (χ3v) is 5.90. The van der Waals surface area contributed by atoms with Crippen molar-refractivity contribution in [2.45, 2.75) is 23.5 Å². The molecule has 12 heteroatoms. The molecule has 2 aromatic rings. The van der Waals surface area contributed by atoms with Crippen LogP contribution >= 0.6 is 0 Å². The van der Waals surface area contributed by atoms with E-state index in [1.54, 1.807) is 6.92 Å². The topological polar surface area (TPSA) is 84.5 Å². The monoisotopic (exact) mass is 450 g/mol. The molecule has 3 rings (SSSR count). The van der Waals surface area contributed by atoms with E-state index in [0.717, 1.165) is 24.3 Å². The molecule has 1 heterocycles. The Balaban J connectivity index is 1.88. The summed E-state index contributed by atoms with van der Waals surface area (Å²) in [6.45, 7) is 1.72. The summed E-state index contributed by atoms with van der Waals surface area (Å²) in [5.41, 5.74) is -3.70. The zero-order valence-electron chi connectivity index (χ0n) is 15.3. The second-order valence-corrected chi connectivity index (χ2v) is 8.57. The third-order valence-electron chi connectivity index (χ3n) is 4.25. The van der Waals surface area contributed by atoms with Crippen LogP contribution < -0.4 is 10.0 Å². The highest BCUT2D eigenvalue weighted by Crippen LogP contribution is 2.33. The molecule has 2 aromatic carbocycles. The molecule has 0 unspecified atom stereocenters. The standard InChI is InChI=1S/C18H15F5N2O4S/c1-17(8-29-9-17)25-30(27,28)14-4-2-3-11(15(14)20)16(26)24-10-5-6-13(19)12(7-10)18(21,22)23/h2-7,25H,8-9H2,1H3,(H,24,26). The lowest BCUT2D eigenvalue weighted by Crippen LogP contribution is -2.59. The number of hydrogen-bond acceptors (Lipinski definition) is 4. The molecule has 0 spiro atoms. The first kappa shape index (κ1) is 22.1. The molecule has 162 valence electrons. The Labute approximate surface area is 168 Å². The van der Waals surface area contributed by atoms with Crippen LogP contribution in [0.2, 0.25) is 0 Å². The van der Waals surface area contributed by atoms with Crippen molar-refractivity contribution in [2.24, 2.45) is 0 Å². The molecule has 2 N–H and O–H groups in total. The van der Waals surface area contributed by atoms with E-state index in [4.69, 9.17) is 4.74 Å². The Bertz CT molecular complexity index is 1100. The van der Waals surface area contributed by atoms with E-state index in [1.165, 1.54) is 0 Å². The van der Waals surface area contributed by atoms with Gasteiger partial charge < -0.3 is 10.1 Å². The number of amides is 1. The van der Waals surface area contributed by atoms with Crippen LogP contribution in [0, 0.1) is 11.6 Å². The van der Waals surface area contributed by atoms with E-state index in [1.807, 2.05) is 5.32 Å². The lowest BCUT2D eigenvalue weighted by Gasteiger charge is -2.38. The summed E-state index contributed by atoms with van der Waals surface area (Å²) in [4.78, 5) is 11.5. The smallest absolute Gasteiger partial charge is 0.377 e. The van der Waals surface area contributed by atoms with Crippen LogP contribution in [0.15, 0.2) is 41.3 Å². The number of nitrogens with one attached hydrogen (secondary N) is 2. The molecule has 1 aliphatic heterocycles. The fourth-order valence-electron chi connectivity index (χ4n) is 2.76. The van der Waals surface area contributed by atoms with E-state index in [-0.39, 0.29) is 13.2 Å². The fourth-order valence-corrected chi connectivity index (χ4v) is 4.24. The molecule has 6 nitrogen and oxygen atoms in total. The van der Waals surface area contributed by atoms with Gasteiger partial charge in [0.1, 0.15) is 10.7 Å². The number of ether oxygens (including phenoxy) is 1. The Morgan fingerprint density at radius 3 is 2.37 bits per heavy atom. The quantitative estimate of drug-likeness (QED) is 0.685. The van der Waals surface area contributed by atoms with Gasteiger partial charge >= 0.3 is 6.18 Å². The minimum absolute atomic E-state index is 0.0835. The Kier molecular flexibility index (Phi) is 5.60. The summed E-state index contributed by atoms with van der Waals surface area (Å²) in [5.74, 6) is -4.13. The first-order chi connectivity index (χ1) is 13.8. The van der Waals surface area contributed by atoms with Crippen LogP contribution in [-0.4, -0.2) is 33.1 Å². The SMILES string of the molecule is CC1(NS(=O)(=O)c2cccc(C(=O)Nc3ccc(F)c(C(F)(F)F)c3)c2F)COC1. The molecule has 0 bridgehead atoms. The fraction of sp³-hybridized carbons (Fsp3) is 0.278. The molecule has 30 heavy (non-hydrogen) atoms. The number of carbonyl (C=O) groups excluding carboxylic acids is 1. The lowest BCUT2D eigenvalue weighted by molar-refractivity contribution is -0.139. The lowest BCUT2D eigenvalue weighted by atomic mass is 10.0. The van der Waals surface area contributed by atoms with Crippen LogP contribution in [0.1, 0.15) is 22.8 Å². The van der Waals surface area contributed by atoms with Gasteiger partial charge in [-0.2, -0.15) is 13.2 Å². The maximum Gasteiger partial charge on any atom is 0.419 e. The second-order valence-electron chi connectivity index (χ2n) is 6.92.